The summed E-state index contributed by atoms with van der Waals surface area (Å²) in [5, 5.41) is 3.83. The molecule has 6 nitrogen and oxygen atoms in total. The van der Waals surface area contributed by atoms with Crippen LogP contribution in [0.2, 0.25) is 0 Å². The van der Waals surface area contributed by atoms with Gasteiger partial charge in [-0.15, -0.1) is 0 Å². The van der Waals surface area contributed by atoms with E-state index in [0.29, 0.717) is 30.1 Å². The predicted molar refractivity (Wildman–Crippen MR) is 134 cm³/mol. The van der Waals surface area contributed by atoms with E-state index in [9.17, 15) is 18.4 Å². The lowest BCUT2D eigenvalue weighted by atomic mass is 9.90. The summed E-state index contributed by atoms with van der Waals surface area (Å²) < 4.78 is 27.8. The predicted octanol–water partition coefficient (Wildman–Crippen LogP) is 4.72. The number of rotatable bonds is 7. The molecule has 1 aliphatic heterocycles. The highest BCUT2D eigenvalue weighted by molar-refractivity contribution is 6.08. The first-order valence-electron chi connectivity index (χ1n) is 12.2. The summed E-state index contributed by atoms with van der Waals surface area (Å²) >= 11 is 0. The van der Waals surface area contributed by atoms with Gasteiger partial charge in [-0.3, -0.25) is 14.5 Å². The molecule has 3 aromatic rings. The Morgan fingerprint density at radius 2 is 1.86 bits per heavy atom. The molecule has 8 heteroatoms. The number of pyridine rings is 1. The minimum atomic E-state index is -2.31. The van der Waals surface area contributed by atoms with Gasteiger partial charge in [0.15, 0.2) is 0 Å². The molecule has 0 bridgehead atoms. The Hall–Kier alpha value is -3.00. The Morgan fingerprint density at radius 3 is 2.51 bits per heavy atom. The molecule has 1 atom stereocenters. The SMILES string of the molecule is Cc1cc(C)c(CNC(=O)c2c(C)n([C@@H](C)C3CCN(CC(F)F)CC3)c3ccccc23)c(=O)[nH]1. The summed E-state index contributed by atoms with van der Waals surface area (Å²) in [6.07, 6.45) is -0.617. The van der Waals surface area contributed by atoms with Gasteiger partial charge in [0.2, 0.25) is 0 Å². The van der Waals surface area contributed by atoms with Crippen LogP contribution in [0.5, 0.6) is 0 Å². The molecular weight excluding hydrogens is 450 g/mol. The molecule has 1 saturated heterocycles. The highest BCUT2D eigenvalue weighted by Crippen LogP contribution is 2.35. The molecule has 2 aromatic heterocycles. The standard InChI is InChI=1S/C27H34F2N4O2/c1-16-13-17(2)31-26(34)22(16)14-30-27(35)25-19(4)33(23-8-6-5-7-21(23)25)18(3)20-9-11-32(12-10-20)15-24(28)29/h5-8,13,18,20,24H,9-12,14-15H2,1-4H3,(H,30,35)(H,31,34)/t18-/m0/s1. The molecule has 1 aromatic carbocycles. The van der Waals surface area contributed by atoms with Gasteiger partial charge in [-0.2, -0.15) is 0 Å². The third-order valence-corrected chi connectivity index (χ3v) is 7.42. The van der Waals surface area contributed by atoms with E-state index < -0.39 is 6.43 Å². The minimum absolute atomic E-state index is 0.123. The minimum Gasteiger partial charge on any atom is -0.348 e. The summed E-state index contributed by atoms with van der Waals surface area (Å²) in [6, 6.07) is 9.89. The Morgan fingerprint density at radius 1 is 1.17 bits per heavy atom. The first-order valence-corrected chi connectivity index (χ1v) is 12.2. The number of hydrogen-bond donors (Lipinski definition) is 2. The van der Waals surface area contributed by atoms with E-state index >= 15 is 0 Å². The van der Waals surface area contributed by atoms with Gasteiger partial charge in [0, 0.05) is 40.4 Å². The number of para-hydroxylation sites is 1. The molecule has 35 heavy (non-hydrogen) atoms. The van der Waals surface area contributed by atoms with Crippen molar-refractivity contribution < 1.29 is 13.6 Å². The number of hydrogen-bond acceptors (Lipinski definition) is 3. The second-order valence-electron chi connectivity index (χ2n) is 9.74. The molecule has 1 amide bonds. The monoisotopic (exact) mass is 484 g/mol. The summed E-state index contributed by atoms with van der Waals surface area (Å²) in [6.45, 7) is 9.13. The number of amides is 1. The van der Waals surface area contributed by atoms with Crippen LogP contribution < -0.4 is 10.9 Å². The van der Waals surface area contributed by atoms with Crippen molar-refractivity contribution in [3.8, 4) is 0 Å². The van der Waals surface area contributed by atoms with E-state index in [4.69, 9.17) is 0 Å². The normalized spacial score (nSPS) is 16.2. The van der Waals surface area contributed by atoms with Crippen molar-refractivity contribution in [2.45, 2.75) is 59.5 Å². The number of H-pyrrole nitrogens is 1. The van der Waals surface area contributed by atoms with Crippen molar-refractivity contribution >= 4 is 16.8 Å². The third kappa shape index (κ3) is 5.17. The zero-order valence-electron chi connectivity index (χ0n) is 20.8. The first kappa shape index (κ1) is 25.1. The average Bonchev–Trinajstić information content (AvgIpc) is 3.09. The Bertz CT molecular complexity index is 1270. The smallest absolute Gasteiger partial charge is 0.254 e. The molecule has 4 rings (SSSR count). The lowest BCUT2D eigenvalue weighted by molar-refractivity contribution is 0.0631. The number of aryl methyl sites for hydroxylation is 2. The van der Waals surface area contributed by atoms with E-state index in [1.54, 1.807) is 0 Å². The number of aromatic nitrogens is 2. The van der Waals surface area contributed by atoms with Crippen LogP contribution in [0.1, 0.15) is 58.7 Å². The number of carbonyl (C=O) groups is 1. The van der Waals surface area contributed by atoms with Gasteiger partial charge in [0.25, 0.3) is 17.9 Å². The Labute approximate surface area is 204 Å². The van der Waals surface area contributed by atoms with E-state index in [-0.39, 0.29) is 30.6 Å². The quantitative estimate of drug-likeness (QED) is 0.510. The summed E-state index contributed by atoms with van der Waals surface area (Å²) in [4.78, 5) is 30.4. The van der Waals surface area contributed by atoms with Crippen LogP contribution in [-0.4, -0.2) is 46.4 Å². The van der Waals surface area contributed by atoms with Crippen LogP contribution in [0.4, 0.5) is 8.78 Å². The van der Waals surface area contributed by atoms with Gasteiger partial charge < -0.3 is 14.9 Å². The van der Waals surface area contributed by atoms with Crippen LogP contribution in [-0.2, 0) is 6.54 Å². The zero-order chi connectivity index (χ0) is 25.3. The van der Waals surface area contributed by atoms with Crippen molar-refractivity contribution in [2.24, 2.45) is 5.92 Å². The molecule has 0 spiro atoms. The molecular formula is C27H34F2N4O2. The van der Waals surface area contributed by atoms with Crippen molar-refractivity contribution in [1.29, 1.82) is 0 Å². The summed E-state index contributed by atoms with van der Waals surface area (Å²) in [7, 11) is 0. The Kier molecular flexibility index (Phi) is 7.40. The molecule has 2 N–H and O–H groups in total. The van der Waals surface area contributed by atoms with Gasteiger partial charge >= 0.3 is 0 Å². The van der Waals surface area contributed by atoms with Crippen molar-refractivity contribution in [2.75, 3.05) is 19.6 Å². The van der Waals surface area contributed by atoms with Crippen molar-refractivity contribution in [3.05, 3.63) is 68.8 Å². The number of alkyl halides is 2. The number of nitrogens with one attached hydrogen (secondary N) is 2. The number of carbonyl (C=O) groups excluding carboxylic acids is 1. The van der Waals surface area contributed by atoms with Crippen molar-refractivity contribution in [3.63, 3.8) is 0 Å². The van der Waals surface area contributed by atoms with Crippen LogP contribution in [0.3, 0.4) is 0 Å². The van der Waals surface area contributed by atoms with E-state index in [2.05, 4.69) is 21.8 Å². The highest BCUT2D eigenvalue weighted by Gasteiger charge is 2.29. The summed E-state index contributed by atoms with van der Waals surface area (Å²) in [5.41, 5.74) is 4.47. The molecule has 0 aliphatic carbocycles. The second-order valence-corrected chi connectivity index (χ2v) is 9.74. The third-order valence-electron chi connectivity index (χ3n) is 7.42. The maximum absolute atomic E-state index is 13.4. The first-order chi connectivity index (χ1) is 16.7. The van der Waals surface area contributed by atoms with Gasteiger partial charge in [-0.1, -0.05) is 18.2 Å². The molecule has 0 saturated carbocycles. The molecule has 1 fully saturated rings. The van der Waals surface area contributed by atoms with E-state index in [0.717, 1.165) is 40.7 Å². The molecule has 1 aliphatic rings. The van der Waals surface area contributed by atoms with Gasteiger partial charge in [-0.25, -0.2) is 8.78 Å². The van der Waals surface area contributed by atoms with Crippen LogP contribution >= 0.6 is 0 Å². The maximum atomic E-state index is 13.4. The van der Waals surface area contributed by atoms with Gasteiger partial charge in [0.05, 0.1) is 12.1 Å². The van der Waals surface area contributed by atoms with Crippen LogP contribution in [0.15, 0.2) is 35.1 Å². The zero-order valence-corrected chi connectivity index (χ0v) is 20.8. The lowest BCUT2D eigenvalue weighted by Gasteiger charge is -2.36. The number of fused-ring (bicyclic) bond motifs is 1. The number of piperidine rings is 1. The fourth-order valence-corrected chi connectivity index (χ4v) is 5.58. The van der Waals surface area contributed by atoms with Gasteiger partial charge in [-0.05, 0) is 77.2 Å². The Balaban J connectivity index is 1.58. The fraction of sp³-hybridized carbons (Fsp3) is 0.481. The van der Waals surface area contributed by atoms with Crippen LogP contribution in [0, 0.1) is 26.7 Å². The molecule has 0 radical (unpaired) electrons. The lowest BCUT2D eigenvalue weighted by Crippen LogP contribution is -2.38. The number of aromatic amines is 1. The molecule has 188 valence electrons. The number of nitrogens with zero attached hydrogens (tertiary/aromatic N) is 2. The van der Waals surface area contributed by atoms with Gasteiger partial charge in [0.1, 0.15) is 0 Å². The number of benzene rings is 1. The number of likely N-dealkylation sites (tertiary alicyclic amines) is 1. The average molecular weight is 485 g/mol. The molecule has 3 heterocycles. The van der Waals surface area contributed by atoms with E-state index in [1.165, 1.54) is 0 Å². The largest absolute Gasteiger partial charge is 0.348 e. The van der Waals surface area contributed by atoms with Crippen LogP contribution in [0.25, 0.3) is 10.9 Å². The summed E-state index contributed by atoms with van der Waals surface area (Å²) in [5.74, 6) is 0.124. The maximum Gasteiger partial charge on any atom is 0.254 e. The topological polar surface area (TPSA) is 70.1 Å². The highest BCUT2D eigenvalue weighted by atomic mass is 19.3. The van der Waals surface area contributed by atoms with E-state index in [1.807, 2.05) is 56.0 Å². The molecule has 0 unspecified atom stereocenters. The van der Waals surface area contributed by atoms with Crippen molar-refractivity contribution in [1.82, 2.24) is 19.8 Å². The number of halogens is 2. The fourth-order valence-electron chi connectivity index (χ4n) is 5.58. The second kappa shape index (κ2) is 10.3.